The molecule has 5 rings (SSSR count). The van der Waals surface area contributed by atoms with Crippen molar-refractivity contribution in [3.05, 3.63) is 95.4 Å². The minimum atomic E-state index is -4.77. The Bertz CT molecular complexity index is 1750. The number of carboxylic acids is 1. The Hall–Kier alpha value is -5.28. The number of hydrogen-bond acceptors (Lipinski definition) is 8. The van der Waals surface area contributed by atoms with Gasteiger partial charge in [0.05, 0.1) is 11.1 Å². The highest BCUT2D eigenvalue weighted by atomic mass is 19.4. The molecule has 11 nitrogen and oxygen atoms in total. The van der Waals surface area contributed by atoms with E-state index in [2.05, 4.69) is 42.8 Å². The van der Waals surface area contributed by atoms with Crippen LogP contribution in [0.3, 0.4) is 0 Å². The highest BCUT2D eigenvalue weighted by molar-refractivity contribution is 6.00. The van der Waals surface area contributed by atoms with Crippen LogP contribution in [0.1, 0.15) is 21.5 Å². The second kappa shape index (κ2) is 14.0. The third kappa shape index (κ3) is 8.71. The number of halogens is 4. The molecule has 3 aromatic carbocycles. The van der Waals surface area contributed by atoms with Gasteiger partial charge in [0, 0.05) is 68.7 Å². The van der Waals surface area contributed by atoms with E-state index in [1.54, 1.807) is 66.7 Å². The van der Waals surface area contributed by atoms with E-state index in [0.717, 1.165) is 37.8 Å². The van der Waals surface area contributed by atoms with Crippen molar-refractivity contribution in [2.24, 2.45) is 0 Å². The molecule has 4 N–H and O–H groups in total. The van der Waals surface area contributed by atoms with Crippen LogP contribution in [0.15, 0.2) is 72.9 Å². The van der Waals surface area contributed by atoms with Gasteiger partial charge in [-0.05, 0) is 73.3 Å². The van der Waals surface area contributed by atoms with Crippen LogP contribution in [0.25, 0.3) is 0 Å². The Balaban J connectivity index is 1.22. The molecule has 246 valence electrons. The van der Waals surface area contributed by atoms with Crippen molar-refractivity contribution in [1.82, 2.24) is 19.8 Å². The third-order valence-corrected chi connectivity index (χ3v) is 7.57. The number of likely N-dealkylation sites (N-methyl/N-ethyl adjacent to an activating group) is 1. The first-order valence-corrected chi connectivity index (χ1v) is 14.5. The quantitative estimate of drug-likeness (QED) is 0.156. The Morgan fingerprint density at radius 3 is 2.28 bits per heavy atom. The number of anilines is 6. The van der Waals surface area contributed by atoms with E-state index in [1.165, 1.54) is 0 Å². The van der Waals surface area contributed by atoms with Crippen molar-refractivity contribution in [3.63, 3.8) is 0 Å². The predicted molar refractivity (Wildman–Crippen MR) is 170 cm³/mol. The number of alkyl halides is 3. The fraction of sp³-hybridized carbons (Fsp3) is 0.250. The van der Waals surface area contributed by atoms with Gasteiger partial charge in [-0.25, -0.2) is 19.0 Å². The second-order valence-corrected chi connectivity index (χ2v) is 11.0. The van der Waals surface area contributed by atoms with E-state index in [9.17, 15) is 32.3 Å². The standard InChI is InChI=1S/C32H32F4N8O3/c1-42-11-13-44(14-12-42)19-20-3-4-24(18-27(20)29(45)46)38-30-37-10-9-28(41-30)43(2)26-7-5-23(6-8-26)39-31(47)40-25-16-21(32(34,35)36)15-22(33)17-25/h3-10,15-18H,11-14,19H2,1-2H3,(H,45,46)(H,37,38,41)(H2,39,40,47). The number of aromatic nitrogens is 2. The van der Waals surface area contributed by atoms with E-state index >= 15 is 0 Å². The molecule has 15 heteroatoms. The monoisotopic (exact) mass is 652 g/mol. The molecule has 2 heterocycles. The van der Waals surface area contributed by atoms with Gasteiger partial charge in [-0.2, -0.15) is 18.2 Å². The number of rotatable bonds is 9. The van der Waals surface area contributed by atoms with Gasteiger partial charge >= 0.3 is 18.2 Å². The molecule has 1 aromatic heterocycles. The lowest BCUT2D eigenvalue weighted by atomic mass is 10.1. The third-order valence-electron chi connectivity index (χ3n) is 7.57. The van der Waals surface area contributed by atoms with E-state index in [0.29, 0.717) is 41.6 Å². The average molecular weight is 653 g/mol. The van der Waals surface area contributed by atoms with Crippen LogP contribution in [-0.4, -0.2) is 77.1 Å². The summed E-state index contributed by atoms with van der Waals surface area (Å²) in [5.41, 5.74) is 0.895. The van der Waals surface area contributed by atoms with Gasteiger partial charge < -0.3 is 30.9 Å². The average Bonchev–Trinajstić information content (AvgIpc) is 3.02. The number of nitrogens with one attached hydrogen (secondary N) is 3. The zero-order chi connectivity index (χ0) is 33.7. The maximum absolute atomic E-state index is 13.7. The highest BCUT2D eigenvalue weighted by Crippen LogP contribution is 2.32. The summed E-state index contributed by atoms with van der Waals surface area (Å²) in [7, 11) is 3.83. The Morgan fingerprint density at radius 2 is 1.60 bits per heavy atom. The summed E-state index contributed by atoms with van der Waals surface area (Å²) in [5.74, 6) is -1.39. The number of hydrogen-bond donors (Lipinski definition) is 4. The lowest BCUT2D eigenvalue weighted by Gasteiger charge is -2.32. The molecule has 0 aliphatic carbocycles. The molecule has 0 saturated carbocycles. The number of carbonyl (C=O) groups is 2. The van der Waals surface area contributed by atoms with E-state index < -0.39 is 29.6 Å². The van der Waals surface area contributed by atoms with E-state index in [-0.39, 0.29) is 17.2 Å². The zero-order valence-corrected chi connectivity index (χ0v) is 25.5. The van der Waals surface area contributed by atoms with Crippen molar-refractivity contribution in [1.29, 1.82) is 0 Å². The van der Waals surface area contributed by atoms with Crippen LogP contribution in [0.4, 0.5) is 56.9 Å². The van der Waals surface area contributed by atoms with Gasteiger partial charge in [-0.15, -0.1) is 0 Å². The Labute approximate surface area is 267 Å². The van der Waals surface area contributed by atoms with Crippen LogP contribution in [0, 0.1) is 5.82 Å². The molecule has 0 bridgehead atoms. The lowest BCUT2D eigenvalue weighted by Crippen LogP contribution is -2.44. The Kier molecular flexibility index (Phi) is 9.86. The van der Waals surface area contributed by atoms with Gasteiger partial charge in [0.25, 0.3) is 0 Å². The normalized spacial score (nSPS) is 14.0. The molecule has 1 saturated heterocycles. The summed E-state index contributed by atoms with van der Waals surface area (Å²) < 4.78 is 52.6. The van der Waals surface area contributed by atoms with Crippen LogP contribution in [-0.2, 0) is 12.7 Å². The SMILES string of the molecule is CN1CCN(Cc2ccc(Nc3nccc(N(C)c4ccc(NC(=O)Nc5cc(F)cc(C(F)(F)F)c5)cc4)n3)cc2C(=O)O)CC1. The zero-order valence-electron chi connectivity index (χ0n) is 25.5. The summed E-state index contributed by atoms with van der Waals surface area (Å²) >= 11 is 0. The van der Waals surface area contributed by atoms with Crippen molar-refractivity contribution < 1.29 is 32.3 Å². The lowest BCUT2D eigenvalue weighted by molar-refractivity contribution is -0.137. The number of nitrogens with zero attached hydrogens (tertiary/aromatic N) is 5. The molecule has 4 aromatic rings. The first kappa shape index (κ1) is 33.1. The fourth-order valence-corrected chi connectivity index (χ4v) is 4.98. The fourth-order valence-electron chi connectivity index (χ4n) is 4.98. The first-order chi connectivity index (χ1) is 22.3. The molecule has 2 amide bonds. The van der Waals surface area contributed by atoms with Crippen LogP contribution in [0.2, 0.25) is 0 Å². The molecular weight excluding hydrogens is 620 g/mol. The molecular formula is C32H32F4N8O3. The second-order valence-electron chi connectivity index (χ2n) is 11.0. The van der Waals surface area contributed by atoms with Gasteiger partial charge in [-0.3, -0.25) is 4.90 Å². The summed E-state index contributed by atoms with van der Waals surface area (Å²) in [6.45, 7) is 4.13. The summed E-state index contributed by atoms with van der Waals surface area (Å²) in [6, 6.07) is 14.3. The largest absolute Gasteiger partial charge is 0.478 e. The molecule has 0 spiro atoms. The number of benzene rings is 3. The van der Waals surface area contributed by atoms with E-state index in [1.807, 2.05) is 0 Å². The molecule has 0 atom stereocenters. The summed E-state index contributed by atoms with van der Waals surface area (Å²) in [6.07, 6.45) is -3.21. The van der Waals surface area contributed by atoms with Crippen LogP contribution < -0.4 is 20.9 Å². The number of aromatic carboxylic acids is 1. The minimum Gasteiger partial charge on any atom is -0.478 e. The first-order valence-electron chi connectivity index (χ1n) is 14.5. The van der Waals surface area contributed by atoms with Crippen molar-refractivity contribution in [2.75, 3.05) is 61.1 Å². The molecule has 1 fully saturated rings. The number of carboxylic acid groups (broad SMARTS) is 1. The van der Waals surface area contributed by atoms with Gasteiger partial charge in [0.2, 0.25) is 5.95 Å². The smallest absolute Gasteiger partial charge is 0.416 e. The maximum Gasteiger partial charge on any atom is 0.416 e. The number of amides is 2. The predicted octanol–water partition coefficient (Wildman–Crippen LogP) is 6.24. The Morgan fingerprint density at radius 1 is 0.915 bits per heavy atom. The minimum absolute atomic E-state index is 0.201. The van der Waals surface area contributed by atoms with E-state index in [4.69, 9.17) is 0 Å². The molecule has 1 aliphatic heterocycles. The highest BCUT2D eigenvalue weighted by Gasteiger charge is 2.31. The molecule has 0 unspecified atom stereocenters. The van der Waals surface area contributed by atoms with Crippen LogP contribution >= 0.6 is 0 Å². The van der Waals surface area contributed by atoms with Crippen molar-refractivity contribution in [3.8, 4) is 0 Å². The van der Waals surface area contributed by atoms with Gasteiger partial charge in [0.1, 0.15) is 11.6 Å². The van der Waals surface area contributed by atoms with Crippen molar-refractivity contribution >= 4 is 46.5 Å². The molecule has 47 heavy (non-hydrogen) atoms. The van der Waals surface area contributed by atoms with Crippen LogP contribution in [0.5, 0.6) is 0 Å². The topological polar surface area (TPSA) is 126 Å². The number of piperazine rings is 1. The van der Waals surface area contributed by atoms with Crippen molar-refractivity contribution in [2.45, 2.75) is 12.7 Å². The summed E-state index contributed by atoms with van der Waals surface area (Å²) in [5, 5.41) is 17.7. The number of carbonyl (C=O) groups excluding carboxylic acids is 1. The maximum atomic E-state index is 13.7. The summed E-state index contributed by atoms with van der Waals surface area (Å²) in [4.78, 5) is 39.5. The number of urea groups is 1. The van der Waals surface area contributed by atoms with Gasteiger partial charge in [0.15, 0.2) is 0 Å². The molecule has 0 radical (unpaired) electrons. The molecule has 1 aliphatic rings. The van der Waals surface area contributed by atoms with Gasteiger partial charge in [-0.1, -0.05) is 6.07 Å².